The lowest BCUT2D eigenvalue weighted by Gasteiger charge is -2.08. The van der Waals surface area contributed by atoms with E-state index in [0.717, 1.165) is 19.0 Å². The van der Waals surface area contributed by atoms with Gasteiger partial charge in [-0.1, -0.05) is 36.8 Å². The predicted octanol–water partition coefficient (Wildman–Crippen LogP) is 3.74. The SMILES string of the molecule is Cc1ccc(CNCCCC(C)CCl)cc1. The van der Waals surface area contributed by atoms with Gasteiger partial charge in [-0.05, 0) is 37.8 Å². The molecule has 0 heterocycles. The molecule has 0 aliphatic carbocycles. The number of alkyl halides is 1. The van der Waals surface area contributed by atoms with Crippen LogP contribution in [0.15, 0.2) is 24.3 Å². The molecular formula is C14H22ClN. The molecule has 1 rings (SSSR count). The largest absolute Gasteiger partial charge is 0.313 e. The van der Waals surface area contributed by atoms with Gasteiger partial charge in [-0.3, -0.25) is 0 Å². The Kier molecular flexibility index (Phi) is 6.51. The first-order valence-corrected chi connectivity index (χ1v) is 6.58. The Balaban J connectivity index is 2.09. The third-order valence-corrected chi connectivity index (χ3v) is 3.29. The number of halogens is 1. The van der Waals surface area contributed by atoms with Crippen LogP contribution in [-0.2, 0) is 6.54 Å². The van der Waals surface area contributed by atoms with Crippen molar-refractivity contribution < 1.29 is 0 Å². The van der Waals surface area contributed by atoms with Crippen molar-refractivity contribution in [3.05, 3.63) is 35.4 Å². The summed E-state index contributed by atoms with van der Waals surface area (Å²) in [5, 5.41) is 3.46. The summed E-state index contributed by atoms with van der Waals surface area (Å²) in [6.45, 7) is 6.36. The highest BCUT2D eigenvalue weighted by Crippen LogP contribution is 2.06. The van der Waals surface area contributed by atoms with Crippen LogP contribution in [0.25, 0.3) is 0 Å². The van der Waals surface area contributed by atoms with E-state index in [9.17, 15) is 0 Å². The zero-order valence-electron chi connectivity index (χ0n) is 10.3. The molecule has 0 saturated carbocycles. The summed E-state index contributed by atoms with van der Waals surface area (Å²) in [6, 6.07) is 8.69. The summed E-state index contributed by atoms with van der Waals surface area (Å²) in [4.78, 5) is 0. The summed E-state index contributed by atoms with van der Waals surface area (Å²) in [6.07, 6.45) is 2.42. The highest BCUT2D eigenvalue weighted by molar-refractivity contribution is 6.18. The lowest BCUT2D eigenvalue weighted by Crippen LogP contribution is -2.15. The molecule has 1 aromatic carbocycles. The van der Waals surface area contributed by atoms with Crippen molar-refractivity contribution in [2.45, 2.75) is 33.2 Å². The number of benzene rings is 1. The maximum absolute atomic E-state index is 5.76. The molecule has 1 nitrogen and oxygen atoms in total. The van der Waals surface area contributed by atoms with Crippen LogP contribution in [-0.4, -0.2) is 12.4 Å². The molecule has 90 valence electrons. The van der Waals surface area contributed by atoms with E-state index in [4.69, 9.17) is 11.6 Å². The van der Waals surface area contributed by atoms with Crippen LogP contribution in [0.2, 0.25) is 0 Å². The van der Waals surface area contributed by atoms with Gasteiger partial charge in [0, 0.05) is 12.4 Å². The molecule has 0 radical (unpaired) electrons. The Morgan fingerprint density at radius 2 is 1.94 bits per heavy atom. The molecule has 0 spiro atoms. The first-order valence-electron chi connectivity index (χ1n) is 6.04. The molecule has 0 saturated heterocycles. The third kappa shape index (κ3) is 5.53. The van der Waals surface area contributed by atoms with Gasteiger partial charge in [-0.15, -0.1) is 11.6 Å². The summed E-state index contributed by atoms with van der Waals surface area (Å²) < 4.78 is 0. The normalized spacial score (nSPS) is 12.7. The van der Waals surface area contributed by atoms with E-state index in [1.54, 1.807) is 0 Å². The molecule has 0 aliphatic heterocycles. The zero-order valence-corrected chi connectivity index (χ0v) is 11.1. The Bertz CT molecular complexity index is 281. The first-order chi connectivity index (χ1) is 7.72. The molecule has 0 amide bonds. The van der Waals surface area contributed by atoms with Crippen LogP contribution < -0.4 is 5.32 Å². The van der Waals surface area contributed by atoms with Crippen molar-refractivity contribution in [1.82, 2.24) is 5.32 Å². The van der Waals surface area contributed by atoms with Crippen LogP contribution in [0.4, 0.5) is 0 Å². The minimum atomic E-state index is 0.642. The van der Waals surface area contributed by atoms with Crippen molar-refractivity contribution in [2.75, 3.05) is 12.4 Å². The lowest BCUT2D eigenvalue weighted by atomic mass is 10.1. The van der Waals surface area contributed by atoms with Crippen LogP contribution in [0.3, 0.4) is 0 Å². The van der Waals surface area contributed by atoms with Crippen LogP contribution in [0.5, 0.6) is 0 Å². The average Bonchev–Trinajstić information content (AvgIpc) is 2.31. The molecule has 0 aliphatic rings. The van der Waals surface area contributed by atoms with Gasteiger partial charge in [0.2, 0.25) is 0 Å². The molecule has 16 heavy (non-hydrogen) atoms. The average molecular weight is 240 g/mol. The van der Waals surface area contributed by atoms with E-state index in [0.29, 0.717) is 5.92 Å². The molecule has 0 aromatic heterocycles. The summed E-state index contributed by atoms with van der Waals surface area (Å²) in [5.74, 6) is 1.42. The molecule has 0 fully saturated rings. The summed E-state index contributed by atoms with van der Waals surface area (Å²) in [5.41, 5.74) is 2.68. The molecule has 0 bridgehead atoms. The second-order valence-electron chi connectivity index (χ2n) is 4.56. The Hall–Kier alpha value is -0.530. The van der Waals surface area contributed by atoms with E-state index in [1.807, 2.05) is 0 Å². The Labute approximate surface area is 104 Å². The van der Waals surface area contributed by atoms with Crippen molar-refractivity contribution >= 4 is 11.6 Å². The number of aryl methyl sites for hydroxylation is 1. The molecule has 1 N–H and O–H groups in total. The quantitative estimate of drug-likeness (QED) is 0.565. The fraction of sp³-hybridized carbons (Fsp3) is 0.571. The number of hydrogen-bond donors (Lipinski definition) is 1. The molecular weight excluding hydrogens is 218 g/mol. The number of rotatable bonds is 7. The summed E-state index contributed by atoms with van der Waals surface area (Å²) in [7, 11) is 0. The predicted molar refractivity (Wildman–Crippen MR) is 72.0 cm³/mol. The van der Waals surface area contributed by atoms with Crippen LogP contribution >= 0.6 is 11.6 Å². The topological polar surface area (TPSA) is 12.0 Å². The molecule has 1 aromatic rings. The highest BCUT2D eigenvalue weighted by atomic mass is 35.5. The van der Waals surface area contributed by atoms with Crippen molar-refractivity contribution in [2.24, 2.45) is 5.92 Å². The smallest absolute Gasteiger partial charge is 0.0249 e. The van der Waals surface area contributed by atoms with E-state index < -0.39 is 0 Å². The van der Waals surface area contributed by atoms with Gasteiger partial charge in [0.15, 0.2) is 0 Å². The Morgan fingerprint density at radius 3 is 2.56 bits per heavy atom. The van der Waals surface area contributed by atoms with Crippen molar-refractivity contribution in [3.8, 4) is 0 Å². The first kappa shape index (κ1) is 13.5. The van der Waals surface area contributed by atoms with Gasteiger partial charge in [0.1, 0.15) is 0 Å². The Morgan fingerprint density at radius 1 is 1.25 bits per heavy atom. The molecule has 1 atom stereocenters. The van der Waals surface area contributed by atoms with E-state index in [1.165, 1.54) is 24.0 Å². The van der Waals surface area contributed by atoms with Gasteiger partial charge < -0.3 is 5.32 Å². The van der Waals surface area contributed by atoms with Crippen molar-refractivity contribution in [1.29, 1.82) is 0 Å². The van der Waals surface area contributed by atoms with Gasteiger partial charge in [-0.2, -0.15) is 0 Å². The maximum atomic E-state index is 5.76. The molecule has 1 unspecified atom stereocenters. The summed E-state index contributed by atoms with van der Waals surface area (Å²) >= 11 is 5.76. The van der Waals surface area contributed by atoms with Gasteiger partial charge in [0.25, 0.3) is 0 Å². The lowest BCUT2D eigenvalue weighted by molar-refractivity contribution is 0.531. The number of hydrogen-bond acceptors (Lipinski definition) is 1. The highest BCUT2D eigenvalue weighted by Gasteiger charge is 1.98. The third-order valence-electron chi connectivity index (χ3n) is 2.76. The monoisotopic (exact) mass is 239 g/mol. The van der Waals surface area contributed by atoms with Gasteiger partial charge in [-0.25, -0.2) is 0 Å². The molecule has 2 heteroatoms. The second-order valence-corrected chi connectivity index (χ2v) is 4.87. The van der Waals surface area contributed by atoms with E-state index >= 15 is 0 Å². The number of nitrogens with one attached hydrogen (secondary N) is 1. The minimum absolute atomic E-state index is 0.642. The van der Waals surface area contributed by atoms with E-state index in [2.05, 4.69) is 43.4 Å². The van der Waals surface area contributed by atoms with Crippen molar-refractivity contribution in [3.63, 3.8) is 0 Å². The zero-order chi connectivity index (χ0) is 11.8. The fourth-order valence-corrected chi connectivity index (χ4v) is 1.75. The van der Waals surface area contributed by atoms with Gasteiger partial charge in [0.05, 0.1) is 0 Å². The second kappa shape index (κ2) is 7.70. The fourth-order valence-electron chi connectivity index (χ4n) is 1.59. The van der Waals surface area contributed by atoms with Gasteiger partial charge >= 0.3 is 0 Å². The van der Waals surface area contributed by atoms with Crippen LogP contribution in [0, 0.1) is 12.8 Å². The van der Waals surface area contributed by atoms with Crippen LogP contribution in [0.1, 0.15) is 30.9 Å². The van der Waals surface area contributed by atoms with E-state index in [-0.39, 0.29) is 0 Å². The maximum Gasteiger partial charge on any atom is 0.0249 e. The minimum Gasteiger partial charge on any atom is -0.313 e. The standard InChI is InChI=1S/C14H22ClN/c1-12-5-7-14(8-6-12)11-16-9-3-4-13(2)10-15/h5-8,13,16H,3-4,9-11H2,1-2H3.